The summed E-state index contributed by atoms with van der Waals surface area (Å²) in [6.07, 6.45) is 0. The van der Waals surface area contributed by atoms with E-state index in [4.69, 9.17) is 22.7 Å². The number of rotatable bonds is 2. The van der Waals surface area contributed by atoms with Crippen LogP contribution in [0.1, 0.15) is 0 Å². The Morgan fingerprint density at radius 3 is 2.52 bits per heavy atom. The molecule has 0 fully saturated rings. The van der Waals surface area contributed by atoms with E-state index >= 15 is 0 Å². The Bertz CT molecular complexity index is 817. The van der Waals surface area contributed by atoms with E-state index in [9.17, 15) is 0 Å². The van der Waals surface area contributed by atoms with Gasteiger partial charge < -0.3 is 5.73 Å². The van der Waals surface area contributed by atoms with E-state index < -0.39 is 0 Å². The Morgan fingerprint density at radius 2 is 1.81 bits per heavy atom. The smallest absolute Gasteiger partial charge is 0.230 e. The number of anilines is 1. The van der Waals surface area contributed by atoms with E-state index in [1.807, 2.05) is 42.5 Å². The van der Waals surface area contributed by atoms with Crippen LogP contribution >= 0.6 is 11.6 Å². The fourth-order valence-corrected chi connectivity index (χ4v) is 2.38. The third-order valence-electron chi connectivity index (χ3n) is 2.97. The number of aromatic nitrogens is 2. The largest absolute Gasteiger partial charge is 0.370 e. The highest BCUT2D eigenvalue weighted by atomic mass is 35.5. The van der Waals surface area contributed by atoms with Gasteiger partial charge in [0.2, 0.25) is 5.95 Å². The molecule has 1 aromatic heterocycles. The molecule has 0 radical (unpaired) electrons. The number of benzene rings is 2. The Labute approximate surface area is 126 Å². The Balaban J connectivity index is 2.31. The zero-order valence-corrected chi connectivity index (χ0v) is 11.7. The molecule has 0 saturated carbocycles. The fraction of sp³-hybridized carbons (Fsp3) is 0. The summed E-state index contributed by atoms with van der Waals surface area (Å²) in [6, 6.07) is 15.2. The molecule has 1 heterocycles. The summed E-state index contributed by atoms with van der Waals surface area (Å²) in [7, 11) is 0. The lowest BCUT2D eigenvalue weighted by molar-refractivity contribution is 1.21. The molecular weight excluding hydrogens is 286 g/mol. The van der Waals surface area contributed by atoms with E-state index in [0.717, 1.165) is 10.9 Å². The second-order valence-electron chi connectivity index (χ2n) is 4.43. The highest BCUT2D eigenvalue weighted by Crippen LogP contribution is 2.32. The molecule has 4 N–H and O–H groups in total. The Kier molecular flexibility index (Phi) is 3.41. The number of nitrogens with zero attached hydrogens (tertiary/aromatic N) is 2. The van der Waals surface area contributed by atoms with E-state index in [2.05, 4.69) is 15.3 Å². The van der Waals surface area contributed by atoms with Gasteiger partial charge in [-0.2, -0.15) is 0 Å². The number of fused-ring (bicyclic) bond motifs is 1. The number of nitrogens with one attached hydrogen (secondary N) is 2. The number of guanidine groups is 1. The van der Waals surface area contributed by atoms with Crippen molar-refractivity contribution in [1.29, 1.82) is 5.41 Å². The minimum absolute atomic E-state index is 0.213. The van der Waals surface area contributed by atoms with Crippen LogP contribution in [0.15, 0.2) is 48.5 Å². The molecule has 0 aliphatic carbocycles. The molecule has 3 aromatic rings. The van der Waals surface area contributed by atoms with E-state index in [1.165, 1.54) is 0 Å². The average molecular weight is 298 g/mol. The van der Waals surface area contributed by atoms with Crippen LogP contribution in [0.3, 0.4) is 0 Å². The molecule has 2 aromatic carbocycles. The molecule has 0 atom stereocenters. The molecule has 6 heteroatoms. The van der Waals surface area contributed by atoms with E-state index in [-0.39, 0.29) is 11.9 Å². The van der Waals surface area contributed by atoms with Crippen molar-refractivity contribution in [2.45, 2.75) is 0 Å². The van der Waals surface area contributed by atoms with Crippen molar-refractivity contribution >= 4 is 34.4 Å². The van der Waals surface area contributed by atoms with Gasteiger partial charge >= 0.3 is 0 Å². The quantitative estimate of drug-likeness (QED) is 0.500. The molecule has 3 rings (SSSR count). The van der Waals surface area contributed by atoms with Crippen LogP contribution in [0.25, 0.3) is 22.2 Å². The summed E-state index contributed by atoms with van der Waals surface area (Å²) >= 11 is 6.30. The minimum atomic E-state index is -0.213. The van der Waals surface area contributed by atoms with Crippen LogP contribution < -0.4 is 11.1 Å². The molecule has 5 nitrogen and oxygen atoms in total. The van der Waals surface area contributed by atoms with Gasteiger partial charge in [0, 0.05) is 10.9 Å². The van der Waals surface area contributed by atoms with Gasteiger partial charge in [0.15, 0.2) is 5.96 Å². The van der Waals surface area contributed by atoms with Gasteiger partial charge in [0.05, 0.1) is 16.2 Å². The third kappa shape index (κ3) is 2.64. The topological polar surface area (TPSA) is 87.7 Å². The van der Waals surface area contributed by atoms with E-state index in [1.54, 1.807) is 6.07 Å². The second-order valence-corrected chi connectivity index (χ2v) is 4.84. The Hall–Kier alpha value is -2.66. The van der Waals surface area contributed by atoms with E-state index in [0.29, 0.717) is 16.2 Å². The average Bonchev–Trinajstić information content (AvgIpc) is 2.47. The summed E-state index contributed by atoms with van der Waals surface area (Å²) < 4.78 is 0. The first kappa shape index (κ1) is 13.3. The van der Waals surface area contributed by atoms with Crippen molar-refractivity contribution in [2.24, 2.45) is 5.73 Å². The van der Waals surface area contributed by atoms with Gasteiger partial charge in [-0.1, -0.05) is 48.0 Å². The molecular formula is C15H12ClN5. The van der Waals surface area contributed by atoms with Crippen LogP contribution in [0.2, 0.25) is 5.02 Å². The molecule has 0 amide bonds. The monoisotopic (exact) mass is 297 g/mol. The first-order valence-electron chi connectivity index (χ1n) is 6.28. The summed E-state index contributed by atoms with van der Waals surface area (Å²) in [6.45, 7) is 0. The first-order valence-corrected chi connectivity index (χ1v) is 6.65. The fourth-order valence-electron chi connectivity index (χ4n) is 2.12. The van der Waals surface area contributed by atoms with Crippen LogP contribution in [0.4, 0.5) is 5.95 Å². The minimum Gasteiger partial charge on any atom is -0.370 e. The lowest BCUT2D eigenvalue weighted by Gasteiger charge is -2.10. The molecule has 0 aliphatic heterocycles. The highest BCUT2D eigenvalue weighted by molar-refractivity contribution is 6.36. The maximum Gasteiger partial charge on any atom is 0.230 e. The zero-order valence-electron chi connectivity index (χ0n) is 11.0. The van der Waals surface area contributed by atoms with Crippen molar-refractivity contribution in [1.82, 2.24) is 9.97 Å². The number of halogens is 1. The summed E-state index contributed by atoms with van der Waals surface area (Å²) in [5, 5.41) is 11.3. The maximum absolute atomic E-state index is 7.32. The summed E-state index contributed by atoms with van der Waals surface area (Å²) in [5.74, 6) is 0.0616. The van der Waals surface area contributed by atoms with Crippen molar-refractivity contribution in [3.8, 4) is 11.3 Å². The SMILES string of the molecule is N=C(N)Nc1nc(-c2ccccc2)c2c(Cl)cccc2n1. The van der Waals surface area contributed by atoms with Crippen molar-refractivity contribution in [2.75, 3.05) is 5.32 Å². The predicted octanol–water partition coefficient (Wildman–Crippen LogP) is 3.26. The van der Waals surface area contributed by atoms with Crippen LogP contribution in [0, 0.1) is 5.41 Å². The molecule has 0 aliphatic rings. The van der Waals surface area contributed by atoms with Crippen molar-refractivity contribution in [3.63, 3.8) is 0 Å². The summed E-state index contributed by atoms with van der Waals surface area (Å²) in [5.41, 5.74) is 7.67. The van der Waals surface area contributed by atoms with Gasteiger partial charge in [-0.3, -0.25) is 10.7 Å². The number of hydrogen-bond donors (Lipinski definition) is 3. The van der Waals surface area contributed by atoms with Crippen LogP contribution in [0.5, 0.6) is 0 Å². The molecule has 0 saturated heterocycles. The molecule has 21 heavy (non-hydrogen) atoms. The number of nitrogens with two attached hydrogens (primary N) is 1. The second kappa shape index (κ2) is 5.38. The molecule has 0 bridgehead atoms. The van der Waals surface area contributed by atoms with Gasteiger partial charge in [0.25, 0.3) is 0 Å². The van der Waals surface area contributed by atoms with Gasteiger partial charge in [-0.15, -0.1) is 0 Å². The van der Waals surface area contributed by atoms with Crippen molar-refractivity contribution in [3.05, 3.63) is 53.6 Å². The lowest BCUT2D eigenvalue weighted by Crippen LogP contribution is -2.22. The predicted molar refractivity (Wildman–Crippen MR) is 85.5 cm³/mol. The lowest BCUT2D eigenvalue weighted by atomic mass is 10.1. The molecule has 0 spiro atoms. The molecule has 104 valence electrons. The normalized spacial score (nSPS) is 10.5. The van der Waals surface area contributed by atoms with Gasteiger partial charge in [0.1, 0.15) is 0 Å². The zero-order chi connectivity index (χ0) is 14.8. The van der Waals surface area contributed by atoms with Gasteiger partial charge in [-0.05, 0) is 12.1 Å². The van der Waals surface area contributed by atoms with Gasteiger partial charge in [-0.25, -0.2) is 9.97 Å². The van der Waals surface area contributed by atoms with Crippen LogP contribution in [-0.2, 0) is 0 Å². The standard InChI is InChI=1S/C15H12ClN5/c16-10-7-4-8-11-12(10)13(9-5-2-1-3-6-9)20-15(19-11)21-14(17)18/h1-8H,(H4,17,18,19,20,21). The number of hydrogen-bond acceptors (Lipinski definition) is 3. The molecule has 0 unspecified atom stereocenters. The first-order chi connectivity index (χ1) is 10.1. The Morgan fingerprint density at radius 1 is 1.05 bits per heavy atom. The third-order valence-corrected chi connectivity index (χ3v) is 3.28. The highest BCUT2D eigenvalue weighted by Gasteiger charge is 2.12. The maximum atomic E-state index is 7.32. The summed E-state index contributed by atoms with van der Waals surface area (Å²) in [4.78, 5) is 8.78. The van der Waals surface area contributed by atoms with Crippen LogP contribution in [-0.4, -0.2) is 15.9 Å². The van der Waals surface area contributed by atoms with Crippen molar-refractivity contribution < 1.29 is 0 Å².